The summed E-state index contributed by atoms with van der Waals surface area (Å²) in [5, 5.41) is 13.1. The van der Waals surface area contributed by atoms with E-state index < -0.39 is 12.1 Å². The molecule has 1 saturated heterocycles. The molecule has 224 valence electrons. The number of benzene rings is 2. The third kappa shape index (κ3) is 7.41. The molecule has 3 N–H and O–H groups in total. The SMILES string of the molecule is COc1ccc([C@@]23CC[C@@H](NC(=O)Nc4cccc(F)c4)C[C@@H]2N(CC2CC2)CC3)cc1OC.O=C(O)C(F)(F)F. The number of methoxy groups -OCH3 is 2. The summed E-state index contributed by atoms with van der Waals surface area (Å²) in [7, 11) is 3.35. The molecule has 0 aromatic heterocycles. The molecule has 2 aromatic rings. The molecule has 3 fully saturated rings. The fraction of sp³-hybridized carbons (Fsp3) is 0.517. The van der Waals surface area contributed by atoms with E-state index in [0.717, 1.165) is 56.2 Å². The fourth-order valence-electron chi connectivity index (χ4n) is 6.03. The van der Waals surface area contributed by atoms with Crippen molar-refractivity contribution >= 4 is 17.7 Å². The van der Waals surface area contributed by atoms with Crippen molar-refractivity contribution in [2.24, 2.45) is 5.92 Å². The van der Waals surface area contributed by atoms with Crippen molar-refractivity contribution < 1.29 is 41.7 Å². The average Bonchev–Trinajstić information content (AvgIpc) is 3.68. The van der Waals surface area contributed by atoms with Crippen molar-refractivity contribution in [1.82, 2.24) is 10.2 Å². The number of carbonyl (C=O) groups is 2. The Morgan fingerprint density at radius 3 is 2.37 bits per heavy atom. The van der Waals surface area contributed by atoms with Gasteiger partial charge in [-0.05, 0) is 86.9 Å². The zero-order valence-corrected chi connectivity index (χ0v) is 23.0. The van der Waals surface area contributed by atoms with Gasteiger partial charge in [0.15, 0.2) is 11.5 Å². The Morgan fingerprint density at radius 2 is 1.76 bits per heavy atom. The first-order chi connectivity index (χ1) is 19.4. The van der Waals surface area contributed by atoms with E-state index in [9.17, 15) is 22.4 Å². The number of carboxylic acid groups (broad SMARTS) is 1. The van der Waals surface area contributed by atoms with Crippen molar-refractivity contribution in [3.05, 3.63) is 53.8 Å². The Bertz CT molecular complexity index is 1240. The second-order valence-corrected chi connectivity index (χ2v) is 10.8. The number of hydrogen-bond donors (Lipinski definition) is 3. The first-order valence-corrected chi connectivity index (χ1v) is 13.5. The summed E-state index contributed by atoms with van der Waals surface area (Å²) in [6, 6.07) is 12.5. The van der Waals surface area contributed by atoms with Gasteiger partial charge in [0.2, 0.25) is 0 Å². The van der Waals surface area contributed by atoms with Crippen LogP contribution in [0.4, 0.5) is 28.0 Å². The highest BCUT2D eigenvalue weighted by Crippen LogP contribution is 2.51. The molecule has 41 heavy (non-hydrogen) atoms. The summed E-state index contributed by atoms with van der Waals surface area (Å²) in [5.74, 6) is -0.796. The van der Waals surface area contributed by atoms with Crippen LogP contribution in [0.1, 0.15) is 44.1 Å². The van der Waals surface area contributed by atoms with Crippen LogP contribution in [0.3, 0.4) is 0 Å². The van der Waals surface area contributed by atoms with E-state index in [0.29, 0.717) is 11.7 Å². The lowest BCUT2D eigenvalue weighted by Gasteiger charge is -2.45. The van der Waals surface area contributed by atoms with E-state index in [-0.39, 0.29) is 23.3 Å². The number of carboxylic acids is 1. The molecule has 1 heterocycles. The van der Waals surface area contributed by atoms with Gasteiger partial charge in [-0.15, -0.1) is 0 Å². The molecular weight excluding hydrogens is 546 g/mol. The minimum Gasteiger partial charge on any atom is -0.493 e. The number of fused-ring (bicyclic) bond motifs is 1. The number of anilines is 1. The first-order valence-electron chi connectivity index (χ1n) is 13.5. The molecular formula is C29H35F4N3O5. The molecule has 0 radical (unpaired) electrons. The number of nitrogens with one attached hydrogen (secondary N) is 2. The van der Waals surface area contributed by atoms with Gasteiger partial charge in [-0.1, -0.05) is 12.1 Å². The van der Waals surface area contributed by atoms with Crippen LogP contribution in [-0.4, -0.2) is 67.6 Å². The van der Waals surface area contributed by atoms with E-state index in [2.05, 4.69) is 27.7 Å². The predicted molar refractivity (Wildman–Crippen MR) is 144 cm³/mol. The molecule has 5 rings (SSSR count). The highest BCUT2D eigenvalue weighted by molar-refractivity contribution is 5.89. The summed E-state index contributed by atoms with van der Waals surface area (Å²) in [4.78, 5) is 24.2. The molecule has 2 amide bonds. The van der Waals surface area contributed by atoms with Gasteiger partial charge in [0.1, 0.15) is 5.82 Å². The summed E-state index contributed by atoms with van der Waals surface area (Å²) in [5.41, 5.74) is 1.81. The van der Waals surface area contributed by atoms with E-state index >= 15 is 0 Å². The van der Waals surface area contributed by atoms with Crippen LogP contribution in [0, 0.1) is 11.7 Å². The lowest BCUT2D eigenvalue weighted by Crippen LogP contribution is -2.53. The molecule has 2 aromatic carbocycles. The molecule has 3 aliphatic rings. The van der Waals surface area contributed by atoms with Gasteiger partial charge >= 0.3 is 18.2 Å². The lowest BCUT2D eigenvalue weighted by atomic mass is 9.65. The Balaban J connectivity index is 0.000000493. The number of rotatable bonds is 7. The normalized spacial score (nSPS) is 24.0. The van der Waals surface area contributed by atoms with E-state index in [1.54, 1.807) is 26.4 Å². The van der Waals surface area contributed by atoms with Gasteiger partial charge in [0.05, 0.1) is 14.2 Å². The van der Waals surface area contributed by atoms with Crippen LogP contribution in [0.25, 0.3) is 0 Å². The summed E-state index contributed by atoms with van der Waals surface area (Å²) in [6.45, 7) is 2.22. The minimum atomic E-state index is -5.08. The topological polar surface area (TPSA) is 100 Å². The van der Waals surface area contributed by atoms with E-state index in [1.165, 1.54) is 30.5 Å². The highest BCUT2D eigenvalue weighted by atomic mass is 19.4. The zero-order valence-electron chi connectivity index (χ0n) is 23.0. The number of amides is 2. The number of hydrogen-bond acceptors (Lipinski definition) is 5. The number of likely N-dealkylation sites (tertiary alicyclic amines) is 1. The molecule has 8 nitrogen and oxygen atoms in total. The predicted octanol–water partition coefficient (Wildman–Crippen LogP) is 5.57. The zero-order chi connectivity index (χ0) is 29.8. The second-order valence-electron chi connectivity index (χ2n) is 10.8. The maximum atomic E-state index is 13.5. The van der Waals surface area contributed by atoms with Crippen molar-refractivity contribution in [1.29, 1.82) is 0 Å². The number of aliphatic carboxylic acids is 1. The van der Waals surface area contributed by atoms with Crippen LogP contribution >= 0.6 is 0 Å². The monoisotopic (exact) mass is 581 g/mol. The van der Waals surface area contributed by atoms with Gasteiger partial charge in [-0.3, -0.25) is 4.90 Å². The number of halogens is 4. The van der Waals surface area contributed by atoms with Crippen molar-refractivity contribution in [3.8, 4) is 11.5 Å². The van der Waals surface area contributed by atoms with E-state index in [4.69, 9.17) is 19.4 Å². The molecule has 0 unspecified atom stereocenters. The van der Waals surface area contributed by atoms with Crippen LogP contribution < -0.4 is 20.1 Å². The molecule has 1 aliphatic heterocycles. The standard InChI is InChI=1S/C27H34FN3O3.C2HF3O2/c1-33-23-9-8-19(14-24(23)34-2)27-11-10-22(16-25(27)31(13-12-27)17-18-6-7-18)30-26(32)29-21-5-3-4-20(28)15-21;3-2(4,5)1(6)7/h3-5,8-9,14-15,18,22,25H,6-7,10-13,16-17H2,1-2H3,(H2,29,30,32);(H,6,7)/t22-,25+,27+;/m1./s1. The van der Waals surface area contributed by atoms with E-state index in [1.807, 2.05) is 6.07 Å². The van der Waals surface area contributed by atoms with Gasteiger partial charge < -0.3 is 25.2 Å². The molecule has 12 heteroatoms. The number of carbonyl (C=O) groups excluding carboxylic acids is 1. The smallest absolute Gasteiger partial charge is 0.490 e. The van der Waals surface area contributed by atoms with Gasteiger partial charge in [0, 0.05) is 29.7 Å². The van der Waals surface area contributed by atoms with Crippen LogP contribution in [0.2, 0.25) is 0 Å². The molecule has 0 spiro atoms. The summed E-state index contributed by atoms with van der Waals surface area (Å²) >= 11 is 0. The Hall–Kier alpha value is -3.54. The van der Waals surface area contributed by atoms with Crippen LogP contribution in [0.15, 0.2) is 42.5 Å². The minimum absolute atomic E-state index is 0.0473. The largest absolute Gasteiger partial charge is 0.493 e. The third-order valence-corrected chi connectivity index (χ3v) is 8.18. The third-order valence-electron chi connectivity index (χ3n) is 8.18. The quantitative estimate of drug-likeness (QED) is 0.370. The molecule has 2 aliphatic carbocycles. The highest BCUT2D eigenvalue weighted by Gasteiger charge is 2.52. The second kappa shape index (κ2) is 12.5. The Morgan fingerprint density at radius 1 is 1.05 bits per heavy atom. The summed E-state index contributed by atoms with van der Waals surface area (Å²) < 4.78 is 56.3. The lowest BCUT2D eigenvalue weighted by molar-refractivity contribution is -0.192. The maximum absolute atomic E-state index is 13.5. The van der Waals surface area contributed by atoms with Crippen LogP contribution in [-0.2, 0) is 10.2 Å². The number of alkyl halides is 3. The average molecular weight is 582 g/mol. The fourth-order valence-corrected chi connectivity index (χ4v) is 6.03. The van der Waals surface area contributed by atoms with Crippen molar-refractivity contribution in [2.45, 2.75) is 62.2 Å². The summed E-state index contributed by atoms with van der Waals surface area (Å²) in [6.07, 6.45) is 1.48. The Labute approximate surface area is 236 Å². The van der Waals surface area contributed by atoms with Crippen LogP contribution in [0.5, 0.6) is 11.5 Å². The first kappa shape index (κ1) is 30.4. The van der Waals surface area contributed by atoms with Crippen molar-refractivity contribution in [3.63, 3.8) is 0 Å². The van der Waals surface area contributed by atoms with Gasteiger partial charge in [0.25, 0.3) is 0 Å². The number of nitrogens with zero attached hydrogens (tertiary/aromatic N) is 1. The van der Waals surface area contributed by atoms with Gasteiger partial charge in [-0.25, -0.2) is 14.0 Å². The molecule has 0 bridgehead atoms. The number of ether oxygens (including phenoxy) is 2. The van der Waals surface area contributed by atoms with Gasteiger partial charge in [-0.2, -0.15) is 13.2 Å². The maximum Gasteiger partial charge on any atom is 0.490 e. The number of urea groups is 1. The molecule has 3 atom stereocenters. The Kier molecular flexibility index (Phi) is 9.31. The van der Waals surface area contributed by atoms with Crippen molar-refractivity contribution in [2.75, 3.05) is 32.6 Å². The molecule has 2 saturated carbocycles.